The predicted octanol–water partition coefficient (Wildman–Crippen LogP) is 0.694. The number of rotatable bonds is 6. The lowest BCUT2D eigenvalue weighted by Gasteiger charge is -2.43. The van der Waals surface area contributed by atoms with Crippen LogP contribution in [0.1, 0.15) is 41.0 Å². The molecule has 0 aromatic heterocycles. The van der Waals surface area contributed by atoms with Crippen LogP contribution in [0.3, 0.4) is 0 Å². The van der Waals surface area contributed by atoms with Gasteiger partial charge in [-0.3, -0.25) is 14.4 Å². The lowest BCUT2D eigenvalue weighted by Crippen LogP contribution is -2.67. The average Bonchev–Trinajstić information content (AvgIpc) is 2.30. The van der Waals surface area contributed by atoms with Crippen LogP contribution in [0.25, 0.3) is 0 Å². The van der Waals surface area contributed by atoms with Crippen molar-refractivity contribution in [2.75, 3.05) is 0 Å². The second kappa shape index (κ2) is 6.97. The second-order valence-electron chi connectivity index (χ2n) is 6.82. The number of ether oxygens (including phenoxy) is 1. The van der Waals surface area contributed by atoms with Crippen LogP contribution in [0.2, 0.25) is 0 Å². The summed E-state index contributed by atoms with van der Waals surface area (Å²) in [6, 6.07) is -1.04. The third kappa shape index (κ3) is 5.22. The number of carbonyl (C=O) groups excluding carboxylic acids is 3. The molecule has 2 unspecified atom stereocenters. The third-order valence-electron chi connectivity index (χ3n) is 3.65. The van der Waals surface area contributed by atoms with Crippen LogP contribution < -0.4 is 10.6 Å². The van der Waals surface area contributed by atoms with Crippen LogP contribution in [0.5, 0.6) is 0 Å². The number of hydrogen-bond acceptors (Lipinski definition) is 5. The normalized spacial score (nSPS) is 23.1. The fourth-order valence-electron chi connectivity index (χ4n) is 2.48. The summed E-state index contributed by atoms with van der Waals surface area (Å²) >= 11 is 0. The highest BCUT2D eigenvalue weighted by Crippen LogP contribution is 2.27. The maximum absolute atomic E-state index is 11.8. The summed E-state index contributed by atoms with van der Waals surface area (Å²) in [6.45, 7) is 8.39. The van der Waals surface area contributed by atoms with Crippen molar-refractivity contribution >= 4 is 23.8 Å². The van der Waals surface area contributed by atoms with E-state index in [0.717, 1.165) is 0 Å². The molecule has 2 amide bonds. The Balaban J connectivity index is 2.66. The SMILES string of the molecule is CC(C(=O)CC(=O)O)[C@H]1NC(=O)[C@@H]1C(C)NC(=O)OC(C)(C)C. The Kier molecular flexibility index (Phi) is 5.74. The highest BCUT2D eigenvalue weighted by atomic mass is 16.6. The molecule has 1 heterocycles. The molecule has 1 saturated heterocycles. The molecule has 4 atom stereocenters. The zero-order chi connectivity index (χ0) is 17.9. The molecule has 8 heteroatoms. The highest BCUT2D eigenvalue weighted by molar-refractivity contribution is 5.98. The summed E-state index contributed by atoms with van der Waals surface area (Å²) in [7, 11) is 0. The first-order valence-corrected chi connectivity index (χ1v) is 7.46. The average molecular weight is 328 g/mol. The lowest BCUT2D eigenvalue weighted by atomic mass is 9.76. The minimum Gasteiger partial charge on any atom is -0.481 e. The Bertz CT molecular complexity index is 511. The van der Waals surface area contributed by atoms with Crippen molar-refractivity contribution in [1.82, 2.24) is 10.6 Å². The first-order chi connectivity index (χ1) is 10.4. The van der Waals surface area contributed by atoms with E-state index in [1.54, 1.807) is 34.6 Å². The van der Waals surface area contributed by atoms with Crippen molar-refractivity contribution in [2.24, 2.45) is 11.8 Å². The number of nitrogens with one attached hydrogen (secondary N) is 2. The molecular formula is C15H24N2O6. The predicted molar refractivity (Wildman–Crippen MR) is 80.7 cm³/mol. The topological polar surface area (TPSA) is 122 Å². The molecule has 1 aliphatic rings. The fourth-order valence-corrected chi connectivity index (χ4v) is 2.48. The monoisotopic (exact) mass is 328 g/mol. The van der Waals surface area contributed by atoms with Gasteiger partial charge in [-0.1, -0.05) is 6.92 Å². The number of Topliss-reactive ketones (excluding diaryl/α,β-unsaturated/α-hetero) is 1. The van der Waals surface area contributed by atoms with Gasteiger partial charge in [0.25, 0.3) is 0 Å². The van der Waals surface area contributed by atoms with Gasteiger partial charge in [0.15, 0.2) is 0 Å². The molecule has 0 spiro atoms. The number of carbonyl (C=O) groups is 4. The number of carboxylic acids is 1. The van der Waals surface area contributed by atoms with Gasteiger partial charge in [-0.25, -0.2) is 4.79 Å². The zero-order valence-corrected chi connectivity index (χ0v) is 14.0. The Hall–Kier alpha value is -2.12. The molecule has 1 rings (SSSR count). The van der Waals surface area contributed by atoms with Gasteiger partial charge in [-0.2, -0.15) is 0 Å². The van der Waals surface area contributed by atoms with Crippen LogP contribution in [0, 0.1) is 11.8 Å². The van der Waals surface area contributed by atoms with Gasteiger partial charge < -0.3 is 20.5 Å². The first kappa shape index (κ1) is 18.9. The fraction of sp³-hybridized carbons (Fsp3) is 0.733. The standard InChI is InChI=1S/C15H24N2O6/c1-7(9(18)6-10(19)20)12-11(13(21)17-12)8(2)16-14(22)23-15(3,4)5/h7-8,11-12H,6H2,1-5H3,(H,16,22)(H,17,21)(H,19,20)/t7?,8?,11-,12-/m1/s1. The van der Waals surface area contributed by atoms with E-state index >= 15 is 0 Å². The van der Waals surface area contributed by atoms with E-state index in [2.05, 4.69) is 10.6 Å². The van der Waals surface area contributed by atoms with E-state index < -0.39 is 53.8 Å². The Labute approximate surface area is 134 Å². The number of alkyl carbamates (subject to hydrolysis) is 1. The summed E-state index contributed by atoms with van der Waals surface area (Å²) in [5.41, 5.74) is -0.657. The van der Waals surface area contributed by atoms with Crippen LogP contribution in [-0.4, -0.2) is 46.5 Å². The van der Waals surface area contributed by atoms with Gasteiger partial charge in [0.2, 0.25) is 5.91 Å². The summed E-state index contributed by atoms with van der Waals surface area (Å²) in [4.78, 5) is 46.0. The molecule has 0 radical (unpaired) electrons. The van der Waals surface area contributed by atoms with Crippen LogP contribution in [0.15, 0.2) is 0 Å². The van der Waals surface area contributed by atoms with E-state index in [9.17, 15) is 19.2 Å². The number of carboxylic acid groups (broad SMARTS) is 1. The quantitative estimate of drug-likeness (QED) is 0.487. The number of ketones is 1. The van der Waals surface area contributed by atoms with E-state index in [4.69, 9.17) is 9.84 Å². The minimum atomic E-state index is -1.20. The van der Waals surface area contributed by atoms with Crippen molar-refractivity contribution < 1.29 is 29.0 Å². The number of hydrogen-bond donors (Lipinski definition) is 3. The molecule has 0 aromatic rings. The Morgan fingerprint density at radius 2 is 1.87 bits per heavy atom. The van der Waals surface area contributed by atoms with Crippen molar-refractivity contribution in [2.45, 2.75) is 58.7 Å². The summed E-state index contributed by atoms with van der Waals surface area (Å²) in [5, 5.41) is 13.9. The van der Waals surface area contributed by atoms with Crippen LogP contribution in [-0.2, 0) is 19.1 Å². The van der Waals surface area contributed by atoms with Crippen molar-refractivity contribution in [3.63, 3.8) is 0 Å². The first-order valence-electron chi connectivity index (χ1n) is 7.46. The van der Waals surface area contributed by atoms with Crippen LogP contribution >= 0.6 is 0 Å². The largest absolute Gasteiger partial charge is 0.481 e. The zero-order valence-electron chi connectivity index (χ0n) is 14.0. The summed E-state index contributed by atoms with van der Waals surface area (Å²) in [5.74, 6) is -3.19. The Morgan fingerprint density at radius 1 is 1.30 bits per heavy atom. The molecule has 0 aliphatic carbocycles. The highest BCUT2D eigenvalue weighted by Gasteiger charge is 2.48. The van der Waals surface area contributed by atoms with Gasteiger partial charge >= 0.3 is 12.1 Å². The van der Waals surface area contributed by atoms with Crippen molar-refractivity contribution in [3.05, 3.63) is 0 Å². The molecule has 1 fully saturated rings. The molecule has 1 aliphatic heterocycles. The van der Waals surface area contributed by atoms with Gasteiger partial charge in [-0.15, -0.1) is 0 Å². The summed E-state index contributed by atoms with van der Waals surface area (Å²) in [6.07, 6.45) is -1.23. The maximum Gasteiger partial charge on any atom is 0.407 e. The number of aliphatic carboxylic acids is 1. The second-order valence-corrected chi connectivity index (χ2v) is 6.82. The molecule has 8 nitrogen and oxygen atoms in total. The molecule has 130 valence electrons. The summed E-state index contributed by atoms with van der Waals surface area (Å²) < 4.78 is 5.13. The van der Waals surface area contributed by atoms with Gasteiger partial charge in [0, 0.05) is 12.0 Å². The molecule has 23 heavy (non-hydrogen) atoms. The van der Waals surface area contributed by atoms with E-state index in [0.29, 0.717) is 0 Å². The van der Waals surface area contributed by atoms with Gasteiger partial charge in [-0.05, 0) is 27.7 Å². The molecule has 0 bridgehead atoms. The molecular weight excluding hydrogens is 304 g/mol. The maximum atomic E-state index is 11.8. The number of β-lactam (4-membered cyclic amide) rings is 1. The molecule has 0 saturated carbocycles. The van der Waals surface area contributed by atoms with Crippen molar-refractivity contribution in [3.8, 4) is 0 Å². The van der Waals surface area contributed by atoms with E-state index in [-0.39, 0.29) is 5.91 Å². The molecule has 3 N–H and O–H groups in total. The van der Waals surface area contributed by atoms with E-state index in [1.165, 1.54) is 0 Å². The minimum absolute atomic E-state index is 0.284. The van der Waals surface area contributed by atoms with Gasteiger partial charge in [0.05, 0.1) is 12.0 Å². The smallest absolute Gasteiger partial charge is 0.407 e. The van der Waals surface area contributed by atoms with Crippen molar-refractivity contribution in [1.29, 1.82) is 0 Å². The molecule has 0 aromatic carbocycles. The van der Waals surface area contributed by atoms with Crippen LogP contribution in [0.4, 0.5) is 4.79 Å². The Morgan fingerprint density at radius 3 is 2.30 bits per heavy atom. The van der Waals surface area contributed by atoms with E-state index in [1.807, 2.05) is 0 Å². The van der Waals surface area contributed by atoms with Gasteiger partial charge in [0.1, 0.15) is 17.8 Å². The lowest BCUT2D eigenvalue weighted by molar-refractivity contribution is -0.143. The number of amides is 2. The third-order valence-corrected chi connectivity index (χ3v) is 3.65.